The van der Waals surface area contributed by atoms with E-state index in [2.05, 4.69) is 10.3 Å². The summed E-state index contributed by atoms with van der Waals surface area (Å²) in [7, 11) is -3.82. The molecule has 180 valence electrons. The van der Waals surface area contributed by atoms with Crippen LogP contribution in [0, 0.1) is 12.8 Å². The van der Waals surface area contributed by atoms with Crippen LogP contribution in [-0.2, 0) is 26.2 Å². The molecule has 12 heteroatoms. The van der Waals surface area contributed by atoms with Gasteiger partial charge in [-0.2, -0.15) is 4.31 Å². The van der Waals surface area contributed by atoms with Crippen LogP contribution in [0.25, 0.3) is 0 Å². The standard InChI is InChI=1S/C21H28N4O6S2/c1-14(2)17(23-20(27)31-13-16-7-5-4-6-8-16)18(26)24-9-11-25(12-10-24)33(29,30)19-15(3)22-21(28)32-19/h4-8,14,17H,9-13H2,1-3H3,(H,22,28)(H,23,27)/t17-/m0/s1. The van der Waals surface area contributed by atoms with Crippen LogP contribution in [0.3, 0.4) is 0 Å². The number of thiazole rings is 1. The Hall–Kier alpha value is -2.70. The highest BCUT2D eigenvalue weighted by atomic mass is 32.2. The first-order valence-corrected chi connectivity index (χ1v) is 12.8. The molecule has 1 saturated heterocycles. The van der Waals surface area contributed by atoms with Crippen LogP contribution in [0.2, 0.25) is 0 Å². The van der Waals surface area contributed by atoms with Crippen molar-refractivity contribution in [3.05, 3.63) is 51.3 Å². The van der Waals surface area contributed by atoms with E-state index in [1.165, 1.54) is 4.31 Å². The summed E-state index contributed by atoms with van der Waals surface area (Å²) in [6, 6.07) is 8.42. The lowest BCUT2D eigenvalue weighted by molar-refractivity contribution is -0.135. The van der Waals surface area contributed by atoms with E-state index in [1.807, 2.05) is 44.2 Å². The zero-order valence-electron chi connectivity index (χ0n) is 18.7. The lowest BCUT2D eigenvalue weighted by Crippen LogP contribution is -2.57. The largest absolute Gasteiger partial charge is 0.445 e. The van der Waals surface area contributed by atoms with E-state index < -0.39 is 27.0 Å². The molecule has 3 rings (SSSR count). The lowest BCUT2D eigenvalue weighted by Gasteiger charge is -2.36. The molecule has 2 amide bonds. The van der Waals surface area contributed by atoms with Gasteiger partial charge in [0.05, 0.1) is 0 Å². The zero-order valence-corrected chi connectivity index (χ0v) is 20.4. The number of hydrogen-bond acceptors (Lipinski definition) is 7. The number of nitrogens with one attached hydrogen (secondary N) is 2. The number of sulfonamides is 1. The summed E-state index contributed by atoms with van der Waals surface area (Å²) in [6.45, 7) is 5.83. The van der Waals surface area contributed by atoms with E-state index in [4.69, 9.17) is 4.74 Å². The van der Waals surface area contributed by atoms with Crippen LogP contribution >= 0.6 is 11.3 Å². The highest BCUT2D eigenvalue weighted by Gasteiger charge is 2.35. The molecule has 1 aromatic heterocycles. The average molecular weight is 497 g/mol. The number of alkyl carbamates (subject to hydrolysis) is 1. The van der Waals surface area contributed by atoms with Gasteiger partial charge in [0.1, 0.15) is 12.6 Å². The molecular weight excluding hydrogens is 468 g/mol. The molecular formula is C21H28N4O6S2. The number of amides is 2. The second-order valence-electron chi connectivity index (χ2n) is 8.08. The summed E-state index contributed by atoms with van der Waals surface area (Å²) in [4.78, 5) is 40.5. The van der Waals surface area contributed by atoms with Gasteiger partial charge < -0.3 is 19.9 Å². The Morgan fingerprint density at radius 1 is 1.15 bits per heavy atom. The molecule has 0 bridgehead atoms. The molecule has 2 heterocycles. The Morgan fingerprint density at radius 3 is 2.33 bits per heavy atom. The number of H-pyrrole nitrogens is 1. The fourth-order valence-electron chi connectivity index (χ4n) is 3.50. The first-order chi connectivity index (χ1) is 15.6. The van der Waals surface area contributed by atoms with Crippen molar-refractivity contribution in [2.24, 2.45) is 5.92 Å². The average Bonchev–Trinajstić information content (AvgIpc) is 3.15. The molecule has 0 aliphatic carbocycles. The number of hydrogen-bond donors (Lipinski definition) is 2. The molecule has 33 heavy (non-hydrogen) atoms. The fraction of sp³-hybridized carbons (Fsp3) is 0.476. The molecule has 1 atom stereocenters. The summed E-state index contributed by atoms with van der Waals surface area (Å²) < 4.78 is 32.3. The third-order valence-corrected chi connectivity index (χ3v) is 8.81. The van der Waals surface area contributed by atoms with Crippen molar-refractivity contribution in [2.75, 3.05) is 26.2 Å². The zero-order chi connectivity index (χ0) is 24.2. The third kappa shape index (κ3) is 6.01. The molecule has 1 aromatic carbocycles. The number of aromatic nitrogens is 1. The van der Waals surface area contributed by atoms with E-state index in [0.29, 0.717) is 17.0 Å². The number of carbonyl (C=O) groups excluding carboxylic acids is 2. The van der Waals surface area contributed by atoms with Gasteiger partial charge in [0, 0.05) is 31.9 Å². The molecule has 2 aromatic rings. The van der Waals surface area contributed by atoms with Crippen molar-refractivity contribution < 1.29 is 22.7 Å². The second-order valence-corrected chi connectivity index (χ2v) is 11.2. The predicted molar refractivity (Wildman–Crippen MR) is 123 cm³/mol. The topological polar surface area (TPSA) is 129 Å². The highest BCUT2D eigenvalue weighted by molar-refractivity contribution is 7.91. The van der Waals surface area contributed by atoms with Gasteiger partial charge in [-0.25, -0.2) is 13.2 Å². The maximum Gasteiger partial charge on any atom is 0.408 e. The Kier molecular flexibility index (Phi) is 7.92. The molecule has 0 unspecified atom stereocenters. The van der Waals surface area contributed by atoms with E-state index >= 15 is 0 Å². The van der Waals surface area contributed by atoms with Gasteiger partial charge in [-0.05, 0) is 18.4 Å². The molecule has 10 nitrogen and oxygen atoms in total. The van der Waals surface area contributed by atoms with E-state index in [-0.39, 0.29) is 48.8 Å². The quantitative estimate of drug-likeness (QED) is 0.598. The maximum atomic E-state index is 13.1. The first-order valence-electron chi connectivity index (χ1n) is 10.6. The summed E-state index contributed by atoms with van der Waals surface area (Å²) in [6.07, 6.45) is -0.690. The monoisotopic (exact) mass is 496 g/mol. The summed E-state index contributed by atoms with van der Waals surface area (Å²) in [5, 5.41) is 2.64. The number of aromatic amines is 1. The van der Waals surface area contributed by atoms with Crippen molar-refractivity contribution in [3.63, 3.8) is 0 Å². The normalized spacial score (nSPS) is 15.9. The molecule has 0 radical (unpaired) electrons. The van der Waals surface area contributed by atoms with Gasteiger partial charge in [0.15, 0.2) is 4.21 Å². The van der Waals surface area contributed by atoms with E-state index in [1.54, 1.807) is 11.8 Å². The number of carbonyl (C=O) groups is 2. The van der Waals surface area contributed by atoms with Crippen molar-refractivity contribution in [3.8, 4) is 0 Å². The van der Waals surface area contributed by atoms with Crippen LogP contribution in [0.4, 0.5) is 4.79 Å². The Labute approximate surface area is 196 Å². The van der Waals surface area contributed by atoms with E-state index in [9.17, 15) is 22.8 Å². The van der Waals surface area contributed by atoms with Crippen molar-refractivity contribution in [2.45, 2.75) is 37.6 Å². The van der Waals surface area contributed by atoms with Crippen molar-refractivity contribution >= 4 is 33.4 Å². The SMILES string of the molecule is Cc1[nH]c(=O)sc1S(=O)(=O)N1CCN(C(=O)[C@@H](NC(=O)OCc2ccccc2)C(C)C)CC1. The van der Waals surface area contributed by atoms with Crippen molar-refractivity contribution in [1.29, 1.82) is 0 Å². The molecule has 0 saturated carbocycles. The number of ether oxygens (including phenoxy) is 1. The number of benzene rings is 1. The third-order valence-electron chi connectivity index (χ3n) is 5.32. The minimum atomic E-state index is -3.82. The Balaban J connectivity index is 1.58. The van der Waals surface area contributed by atoms with Crippen LogP contribution in [0.15, 0.2) is 39.3 Å². The van der Waals surface area contributed by atoms with Gasteiger partial charge in [-0.15, -0.1) is 0 Å². The Morgan fingerprint density at radius 2 is 1.79 bits per heavy atom. The number of nitrogens with zero attached hydrogens (tertiary/aromatic N) is 2. The number of aryl methyl sites for hydroxylation is 1. The first kappa shape index (κ1) is 24.9. The lowest BCUT2D eigenvalue weighted by atomic mass is 10.0. The summed E-state index contributed by atoms with van der Waals surface area (Å²) in [5.74, 6) is -0.482. The van der Waals surface area contributed by atoms with Crippen LogP contribution < -0.4 is 10.2 Å². The molecule has 1 aliphatic heterocycles. The number of rotatable bonds is 7. The van der Waals surface area contributed by atoms with Gasteiger partial charge >= 0.3 is 11.0 Å². The molecule has 1 fully saturated rings. The second kappa shape index (κ2) is 10.5. The van der Waals surface area contributed by atoms with Gasteiger partial charge in [0.25, 0.3) is 10.0 Å². The predicted octanol–water partition coefficient (Wildman–Crippen LogP) is 1.53. The Bertz CT molecular complexity index is 1140. The van der Waals surface area contributed by atoms with Crippen LogP contribution in [0.5, 0.6) is 0 Å². The highest BCUT2D eigenvalue weighted by Crippen LogP contribution is 2.22. The fourth-order valence-corrected chi connectivity index (χ4v) is 6.36. The van der Waals surface area contributed by atoms with Gasteiger partial charge in [-0.3, -0.25) is 9.59 Å². The smallest absolute Gasteiger partial charge is 0.408 e. The molecule has 1 aliphatic rings. The summed E-state index contributed by atoms with van der Waals surface area (Å²) in [5.41, 5.74) is 1.14. The minimum absolute atomic E-state index is 0.00448. The number of piperazine rings is 1. The van der Waals surface area contributed by atoms with Crippen LogP contribution in [0.1, 0.15) is 25.1 Å². The van der Waals surface area contributed by atoms with Crippen molar-refractivity contribution in [1.82, 2.24) is 19.5 Å². The molecule has 0 spiro atoms. The van der Waals surface area contributed by atoms with Crippen LogP contribution in [-0.4, -0.2) is 66.8 Å². The minimum Gasteiger partial charge on any atom is -0.445 e. The van der Waals surface area contributed by atoms with E-state index in [0.717, 1.165) is 5.56 Å². The summed E-state index contributed by atoms with van der Waals surface area (Å²) >= 11 is 0.658. The maximum absolute atomic E-state index is 13.1. The molecule has 2 N–H and O–H groups in total. The van der Waals surface area contributed by atoms with Gasteiger partial charge in [-0.1, -0.05) is 55.5 Å². The van der Waals surface area contributed by atoms with Gasteiger partial charge in [0.2, 0.25) is 5.91 Å².